The minimum absolute atomic E-state index is 0.0625. The molecule has 3 aromatic carbocycles. The van der Waals surface area contributed by atoms with Gasteiger partial charge in [0, 0.05) is 6.07 Å². The quantitative estimate of drug-likeness (QED) is 0.562. The van der Waals surface area contributed by atoms with E-state index < -0.39 is 0 Å². The molecule has 0 N–H and O–H groups in total. The number of hydrogen-bond donors (Lipinski definition) is 0. The number of hydrogen-bond acceptors (Lipinski definition) is 2. The Kier molecular flexibility index (Phi) is 4.14. The molecule has 1 aliphatic carbocycles. The van der Waals surface area contributed by atoms with Crippen molar-refractivity contribution in [3.63, 3.8) is 0 Å². The highest BCUT2D eigenvalue weighted by atomic mass is 16.5. The summed E-state index contributed by atoms with van der Waals surface area (Å²) >= 11 is 0. The normalized spacial score (nSPS) is 16.8. The Bertz CT molecular complexity index is 1110. The molecule has 0 saturated heterocycles. The number of quaternary nitrogens is 1. The third-order valence-electron chi connectivity index (χ3n) is 6.15. The van der Waals surface area contributed by atoms with Crippen LogP contribution in [0.2, 0.25) is 0 Å². The van der Waals surface area contributed by atoms with Crippen molar-refractivity contribution >= 4 is 23.2 Å². The van der Waals surface area contributed by atoms with Gasteiger partial charge in [0.05, 0.1) is 14.1 Å². The Morgan fingerprint density at radius 2 is 1.48 bits per heavy atom. The summed E-state index contributed by atoms with van der Waals surface area (Å²) < 4.78 is 5.87. The highest BCUT2D eigenvalue weighted by molar-refractivity contribution is 5.96. The van der Waals surface area contributed by atoms with Crippen molar-refractivity contribution in [3.8, 4) is 5.75 Å². The van der Waals surface area contributed by atoms with Gasteiger partial charge in [-0.1, -0.05) is 54.6 Å². The van der Waals surface area contributed by atoms with E-state index in [1.165, 1.54) is 27.8 Å². The van der Waals surface area contributed by atoms with Gasteiger partial charge in [0.25, 0.3) is 0 Å². The van der Waals surface area contributed by atoms with Crippen molar-refractivity contribution in [1.82, 2.24) is 4.48 Å². The van der Waals surface area contributed by atoms with Gasteiger partial charge in [0.1, 0.15) is 0 Å². The Morgan fingerprint density at radius 1 is 0.862 bits per heavy atom. The lowest BCUT2D eigenvalue weighted by Gasteiger charge is -2.31. The van der Waals surface area contributed by atoms with E-state index in [0.717, 1.165) is 29.8 Å². The van der Waals surface area contributed by atoms with E-state index in [4.69, 9.17) is 4.74 Å². The highest BCUT2D eigenvalue weighted by Gasteiger charge is 2.37. The van der Waals surface area contributed by atoms with Gasteiger partial charge >= 0.3 is 5.91 Å². The molecule has 0 bridgehead atoms. The number of fused-ring (bicyclic) bond motifs is 3. The Morgan fingerprint density at radius 3 is 2.14 bits per heavy atom. The first kappa shape index (κ1) is 17.9. The molecule has 29 heavy (non-hydrogen) atoms. The van der Waals surface area contributed by atoms with Crippen molar-refractivity contribution < 1.29 is 9.53 Å². The van der Waals surface area contributed by atoms with Crippen LogP contribution in [0, 0.1) is 0 Å². The van der Waals surface area contributed by atoms with Crippen molar-refractivity contribution in [2.24, 2.45) is 0 Å². The first-order chi connectivity index (χ1) is 14.0. The summed E-state index contributed by atoms with van der Waals surface area (Å²) in [6.07, 6.45) is 4.34. The summed E-state index contributed by atoms with van der Waals surface area (Å²) in [7, 11) is 3.85. The molecule has 1 heterocycles. The number of rotatable bonds is 1. The third-order valence-corrected chi connectivity index (χ3v) is 6.15. The molecule has 0 radical (unpaired) electrons. The van der Waals surface area contributed by atoms with Gasteiger partial charge < -0.3 is 4.74 Å². The molecule has 1 aliphatic heterocycles. The van der Waals surface area contributed by atoms with Crippen LogP contribution in [0.25, 0.3) is 11.6 Å². The van der Waals surface area contributed by atoms with Crippen LogP contribution in [0.4, 0.5) is 5.69 Å². The number of amides is 1. The summed E-state index contributed by atoms with van der Waals surface area (Å²) in [5.74, 6) is 0.853. The molecule has 0 spiro atoms. The van der Waals surface area contributed by atoms with Gasteiger partial charge in [-0.2, -0.15) is 0 Å². The molecule has 1 amide bonds. The average molecular weight is 382 g/mol. The van der Waals surface area contributed by atoms with Crippen LogP contribution in [-0.2, 0) is 17.6 Å². The fourth-order valence-electron chi connectivity index (χ4n) is 4.36. The standard InChI is InChI=1S/C26H24NO2/c1-27(2)24-16-18(11-14-25(24)29-17-26(27)28)15-23-21-9-5-3-7-19(21)12-13-20-8-4-6-10-22(20)23/h3-11,14-16H,12-13,17H2,1-2H3/q+1. The molecular weight excluding hydrogens is 358 g/mol. The van der Waals surface area contributed by atoms with Crippen molar-refractivity contribution in [2.75, 3.05) is 20.7 Å². The van der Waals surface area contributed by atoms with E-state index in [0.29, 0.717) is 0 Å². The maximum atomic E-state index is 12.4. The number of ether oxygens (including phenoxy) is 1. The summed E-state index contributed by atoms with van der Waals surface area (Å²) in [5.41, 5.74) is 8.56. The molecule has 5 rings (SSSR count). The van der Waals surface area contributed by atoms with Crippen molar-refractivity contribution in [2.45, 2.75) is 12.8 Å². The van der Waals surface area contributed by atoms with E-state index >= 15 is 0 Å². The van der Waals surface area contributed by atoms with E-state index in [9.17, 15) is 4.79 Å². The van der Waals surface area contributed by atoms with E-state index in [1.54, 1.807) is 0 Å². The minimum atomic E-state index is 0.0625. The summed E-state index contributed by atoms with van der Waals surface area (Å²) in [5, 5.41) is 0. The molecule has 144 valence electrons. The fourth-order valence-corrected chi connectivity index (χ4v) is 4.36. The number of aryl methyl sites for hydroxylation is 2. The SMILES string of the molecule is C[N+]1(C)C(=O)COc2ccc(C=C3c4ccccc4CCc4ccccc43)cc21. The second-order valence-corrected chi connectivity index (χ2v) is 8.24. The first-order valence-electron chi connectivity index (χ1n) is 10.1. The van der Waals surface area contributed by atoms with Gasteiger partial charge in [-0.25, -0.2) is 9.28 Å². The molecule has 0 saturated carbocycles. The molecule has 3 nitrogen and oxygen atoms in total. The maximum absolute atomic E-state index is 12.4. The topological polar surface area (TPSA) is 26.3 Å². The van der Waals surface area contributed by atoms with E-state index in [1.807, 2.05) is 20.2 Å². The lowest BCUT2D eigenvalue weighted by Crippen LogP contribution is -2.51. The largest absolute Gasteiger partial charge is 0.473 e. The van der Waals surface area contributed by atoms with Crippen molar-refractivity contribution in [3.05, 3.63) is 94.5 Å². The van der Waals surface area contributed by atoms with E-state index in [2.05, 4.69) is 66.7 Å². The molecule has 0 atom stereocenters. The van der Waals surface area contributed by atoms with Crippen LogP contribution in [0.15, 0.2) is 66.7 Å². The highest BCUT2D eigenvalue weighted by Crippen LogP contribution is 2.39. The van der Waals surface area contributed by atoms with Crippen LogP contribution in [0.3, 0.4) is 0 Å². The average Bonchev–Trinajstić information content (AvgIpc) is 2.89. The van der Waals surface area contributed by atoms with Crippen LogP contribution in [0.1, 0.15) is 27.8 Å². The minimum Gasteiger partial charge on any atom is -0.473 e. The first-order valence-corrected chi connectivity index (χ1v) is 10.1. The Balaban J connectivity index is 1.71. The summed E-state index contributed by atoms with van der Waals surface area (Å²) in [4.78, 5) is 12.4. The zero-order valence-electron chi connectivity index (χ0n) is 16.8. The zero-order chi connectivity index (χ0) is 20.0. The summed E-state index contributed by atoms with van der Waals surface area (Å²) in [6, 6.07) is 23.5. The molecule has 0 fully saturated rings. The Labute approximate surface area is 171 Å². The Hall–Kier alpha value is -3.17. The van der Waals surface area contributed by atoms with Gasteiger partial charge in [0.15, 0.2) is 11.4 Å². The van der Waals surface area contributed by atoms with Gasteiger partial charge in [0.2, 0.25) is 6.61 Å². The van der Waals surface area contributed by atoms with Gasteiger partial charge in [-0.05, 0) is 58.4 Å². The number of benzene rings is 3. The number of carbonyl (C=O) groups excluding carboxylic acids is 1. The predicted octanol–water partition coefficient (Wildman–Crippen LogP) is 4.86. The van der Waals surface area contributed by atoms with Crippen LogP contribution < -0.4 is 9.22 Å². The second-order valence-electron chi connectivity index (χ2n) is 8.24. The zero-order valence-corrected chi connectivity index (χ0v) is 16.8. The number of carbonyl (C=O) groups is 1. The van der Waals surface area contributed by atoms with Crippen LogP contribution in [-0.4, -0.2) is 26.6 Å². The molecule has 0 aromatic heterocycles. The van der Waals surface area contributed by atoms with Crippen LogP contribution in [0.5, 0.6) is 5.75 Å². The third kappa shape index (κ3) is 2.99. The monoisotopic (exact) mass is 382 g/mol. The maximum Gasteiger partial charge on any atom is 0.356 e. The number of likely N-dealkylation sites (N-methyl/N-ethyl adjacent to an activating group) is 1. The lowest BCUT2D eigenvalue weighted by molar-refractivity contribution is -0.131. The number of nitrogens with zero attached hydrogens (tertiary/aromatic N) is 1. The fraction of sp³-hybridized carbons (Fsp3) is 0.192. The lowest BCUT2D eigenvalue weighted by atomic mass is 9.92. The molecular formula is C26H24NO2+. The summed E-state index contributed by atoms with van der Waals surface area (Å²) in [6.45, 7) is 0.126. The molecule has 3 aromatic rings. The van der Waals surface area contributed by atoms with Crippen molar-refractivity contribution in [1.29, 1.82) is 0 Å². The van der Waals surface area contributed by atoms with E-state index in [-0.39, 0.29) is 17.0 Å². The smallest absolute Gasteiger partial charge is 0.356 e. The van der Waals surface area contributed by atoms with Gasteiger partial charge in [-0.3, -0.25) is 0 Å². The molecule has 3 heteroatoms. The van der Waals surface area contributed by atoms with Crippen LogP contribution >= 0.6 is 0 Å². The molecule has 2 aliphatic rings. The van der Waals surface area contributed by atoms with Gasteiger partial charge in [-0.15, -0.1) is 0 Å². The second kappa shape index (κ2) is 6.71. The predicted molar refractivity (Wildman–Crippen MR) is 118 cm³/mol. The molecule has 0 unspecified atom stereocenters.